The van der Waals surface area contributed by atoms with Gasteiger partial charge in [-0.25, -0.2) is 4.79 Å². The zero-order chi connectivity index (χ0) is 18.6. The molecular weight excluding hydrogens is 316 g/mol. The van der Waals surface area contributed by atoms with Crippen LogP contribution in [-0.4, -0.2) is 25.5 Å². The molecule has 0 radical (unpaired) electrons. The predicted molar refractivity (Wildman–Crippen MR) is 97.7 cm³/mol. The molecular formula is C21H24O4. The van der Waals surface area contributed by atoms with Gasteiger partial charge in [0.05, 0.1) is 19.3 Å². The summed E-state index contributed by atoms with van der Waals surface area (Å²) in [6, 6.07) is 10.4. The quantitative estimate of drug-likeness (QED) is 0.572. The second-order valence-electron chi connectivity index (χ2n) is 6.19. The summed E-state index contributed by atoms with van der Waals surface area (Å²) >= 11 is 0. The highest BCUT2D eigenvalue weighted by Gasteiger charge is 2.18. The van der Waals surface area contributed by atoms with Crippen LogP contribution in [-0.2, 0) is 4.74 Å². The van der Waals surface area contributed by atoms with Gasteiger partial charge >= 0.3 is 5.97 Å². The van der Waals surface area contributed by atoms with E-state index in [4.69, 9.17) is 4.74 Å². The highest BCUT2D eigenvalue weighted by Crippen LogP contribution is 2.31. The van der Waals surface area contributed by atoms with Gasteiger partial charge in [0.15, 0.2) is 5.78 Å². The number of carbonyl (C=O) groups excluding carboxylic acids is 2. The van der Waals surface area contributed by atoms with E-state index in [0.717, 1.165) is 16.9 Å². The molecule has 25 heavy (non-hydrogen) atoms. The number of rotatable bonds is 6. The lowest BCUT2D eigenvalue weighted by Crippen LogP contribution is -2.08. The number of hydrogen-bond donors (Lipinski definition) is 0. The van der Waals surface area contributed by atoms with Gasteiger partial charge in [0.1, 0.15) is 5.75 Å². The Kier molecular flexibility index (Phi) is 5.97. The van der Waals surface area contributed by atoms with Gasteiger partial charge in [0.25, 0.3) is 0 Å². The van der Waals surface area contributed by atoms with Crippen molar-refractivity contribution in [1.29, 1.82) is 0 Å². The molecule has 4 nitrogen and oxygen atoms in total. The summed E-state index contributed by atoms with van der Waals surface area (Å²) in [4.78, 5) is 24.4. The van der Waals surface area contributed by atoms with Crippen molar-refractivity contribution in [2.75, 3.05) is 13.7 Å². The molecule has 0 amide bonds. The lowest BCUT2D eigenvalue weighted by molar-refractivity contribution is 0.0600. The summed E-state index contributed by atoms with van der Waals surface area (Å²) in [6.07, 6.45) is 0. The van der Waals surface area contributed by atoms with Gasteiger partial charge in [-0.05, 0) is 55.2 Å². The van der Waals surface area contributed by atoms with Crippen LogP contribution in [0.1, 0.15) is 64.1 Å². The van der Waals surface area contributed by atoms with Crippen molar-refractivity contribution in [3.05, 3.63) is 64.2 Å². The minimum Gasteiger partial charge on any atom is -0.494 e. The van der Waals surface area contributed by atoms with E-state index in [1.165, 1.54) is 7.11 Å². The maximum atomic E-state index is 12.9. The molecule has 4 heteroatoms. The molecule has 0 aliphatic carbocycles. The molecule has 0 unspecified atom stereocenters. The minimum absolute atomic E-state index is 0.0705. The Balaban J connectivity index is 2.41. The fourth-order valence-electron chi connectivity index (χ4n) is 2.71. The maximum Gasteiger partial charge on any atom is 0.337 e. The Bertz CT molecular complexity index is 773. The van der Waals surface area contributed by atoms with Gasteiger partial charge in [-0.1, -0.05) is 26.0 Å². The van der Waals surface area contributed by atoms with Crippen LogP contribution >= 0.6 is 0 Å². The largest absolute Gasteiger partial charge is 0.494 e. The van der Waals surface area contributed by atoms with Crippen molar-refractivity contribution >= 4 is 11.8 Å². The molecule has 2 aromatic rings. The van der Waals surface area contributed by atoms with E-state index in [9.17, 15) is 9.59 Å². The van der Waals surface area contributed by atoms with Gasteiger partial charge in [0.2, 0.25) is 0 Å². The van der Waals surface area contributed by atoms with Crippen LogP contribution in [0.2, 0.25) is 0 Å². The van der Waals surface area contributed by atoms with Crippen molar-refractivity contribution in [3.63, 3.8) is 0 Å². The van der Waals surface area contributed by atoms with Gasteiger partial charge in [-0.3, -0.25) is 4.79 Å². The van der Waals surface area contributed by atoms with Crippen LogP contribution in [0, 0.1) is 6.92 Å². The second-order valence-corrected chi connectivity index (χ2v) is 6.19. The summed E-state index contributed by atoms with van der Waals surface area (Å²) in [5.74, 6) is 0.584. The average molecular weight is 340 g/mol. The number of ketones is 1. The first-order valence-electron chi connectivity index (χ1n) is 8.39. The van der Waals surface area contributed by atoms with Crippen LogP contribution in [0.4, 0.5) is 0 Å². The molecule has 2 rings (SSSR count). The van der Waals surface area contributed by atoms with Crippen molar-refractivity contribution in [1.82, 2.24) is 0 Å². The Morgan fingerprint density at radius 3 is 2.16 bits per heavy atom. The maximum absolute atomic E-state index is 12.9. The smallest absolute Gasteiger partial charge is 0.337 e. The molecule has 0 aromatic heterocycles. The Hall–Kier alpha value is -2.62. The zero-order valence-corrected chi connectivity index (χ0v) is 15.4. The Labute approximate surface area is 148 Å². The number of ether oxygens (including phenoxy) is 2. The van der Waals surface area contributed by atoms with E-state index >= 15 is 0 Å². The lowest BCUT2D eigenvalue weighted by atomic mass is 9.92. The second kappa shape index (κ2) is 7.97. The van der Waals surface area contributed by atoms with Crippen LogP contribution in [0.3, 0.4) is 0 Å². The SMILES string of the molecule is CCOc1cc(C)c(C(=O)c2ccc(C(=O)OC)cc2)cc1C(C)C. The normalized spacial score (nSPS) is 10.6. The minimum atomic E-state index is -0.418. The number of carbonyl (C=O) groups is 2. The molecule has 0 saturated heterocycles. The first kappa shape index (κ1) is 18.7. The number of aryl methyl sites for hydroxylation is 1. The van der Waals surface area contributed by atoms with Crippen molar-refractivity contribution in [2.45, 2.75) is 33.6 Å². The van der Waals surface area contributed by atoms with Crippen molar-refractivity contribution < 1.29 is 19.1 Å². The predicted octanol–water partition coefficient (Wildman–Crippen LogP) is 4.53. The van der Waals surface area contributed by atoms with E-state index in [0.29, 0.717) is 23.3 Å². The van der Waals surface area contributed by atoms with E-state index in [1.807, 2.05) is 26.0 Å². The van der Waals surface area contributed by atoms with Crippen LogP contribution in [0.5, 0.6) is 5.75 Å². The Morgan fingerprint density at radius 2 is 1.64 bits per heavy atom. The van der Waals surface area contributed by atoms with Crippen molar-refractivity contribution in [3.8, 4) is 5.75 Å². The monoisotopic (exact) mass is 340 g/mol. The fraction of sp³-hybridized carbons (Fsp3) is 0.333. The van der Waals surface area contributed by atoms with Crippen LogP contribution < -0.4 is 4.74 Å². The third kappa shape index (κ3) is 4.08. The van der Waals surface area contributed by atoms with Gasteiger partial charge < -0.3 is 9.47 Å². The number of methoxy groups -OCH3 is 1. The number of benzene rings is 2. The third-order valence-corrected chi connectivity index (χ3v) is 4.09. The number of hydrogen-bond acceptors (Lipinski definition) is 4. The van der Waals surface area contributed by atoms with E-state index in [1.54, 1.807) is 24.3 Å². The third-order valence-electron chi connectivity index (χ3n) is 4.09. The molecule has 0 bridgehead atoms. The molecule has 132 valence electrons. The molecule has 0 N–H and O–H groups in total. The van der Waals surface area contributed by atoms with Crippen LogP contribution in [0.25, 0.3) is 0 Å². The first-order chi connectivity index (χ1) is 11.9. The molecule has 0 spiro atoms. The summed E-state index contributed by atoms with van der Waals surface area (Å²) in [7, 11) is 1.33. The molecule has 0 atom stereocenters. The molecule has 0 heterocycles. The van der Waals surface area contributed by atoms with Crippen LogP contribution in [0.15, 0.2) is 36.4 Å². The highest BCUT2D eigenvalue weighted by atomic mass is 16.5. The van der Waals surface area contributed by atoms with Gasteiger partial charge in [0, 0.05) is 11.1 Å². The number of esters is 1. The molecule has 0 fully saturated rings. The standard InChI is InChI=1S/C21H24O4/c1-6-25-19-11-14(4)18(12-17(19)13(2)3)20(22)15-7-9-16(10-8-15)21(23)24-5/h7-13H,6H2,1-5H3. The molecule has 0 saturated carbocycles. The highest BCUT2D eigenvalue weighted by molar-refractivity contribution is 6.10. The summed E-state index contributed by atoms with van der Waals surface area (Å²) in [5.41, 5.74) is 3.50. The summed E-state index contributed by atoms with van der Waals surface area (Å²) in [6.45, 7) is 8.59. The van der Waals surface area contributed by atoms with E-state index in [2.05, 4.69) is 18.6 Å². The lowest BCUT2D eigenvalue weighted by Gasteiger charge is -2.17. The van der Waals surface area contributed by atoms with Gasteiger partial charge in [-0.2, -0.15) is 0 Å². The molecule has 0 aliphatic heterocycles. The first-order valence-corrected chi connectivity index (χ1v) is 8.39. The average Bonchev–Trinajstić information content (AvgIpc) is 2.60. The zero-order valence-electron chi connectivity index (χ0n) is 15.4. The molecule has 0 aliphatic rings. The fourth-order valence-corrected chi connectivity index (χ4v) is 2.71. The van der Waals surface area contributed by atoms with Gasteiger partial charge in [-0.15, -0.1) is 0 Å². The molecule has 2 aromatic carbocycles. The topological polar surface area (TPSA) is 52.6 Å². The Morgan fingerprint density at radius 1 is 1.04 bits per heavy atom. The summed E-state index contributed by atoms with van der Waals surface area (Å²) in [5, 5.41) is 0. The van der Waals surface area contributed by atoms with E-state index in [-0.39, 0.29) is 11.7 Å². The van der Waals surface area contributed by atoms with E-state index < -0.39 is 5.97 Å². The summed E-state index contributed by atoms with van der Waals surface area (Å²) < 4.78 is 10.4. The van der Waals surface area contributed by atoms with Crippen molar-refractivity contribution in [2.24, 2.45) is 0 Å².